The smallest absolute Gasteiger partial charge is 0.195 e. The molecule has 1 N–H and O–H groups in total. The summed E-state index contributed by atoms with van der Waals surface area (Å²) in [4.78, 5) is 0. The molecular formula is C12H19N5S. The van der Waals surface area contributed by atoms with Gasteiger partial charge in [0.05, 0.1) is 11.3 Å². The van der Waals surface area contributed by atoms with Crippen molar-refractivity contribution in [1.82, 2.24) is 24.5 Å². The molecule has 2 rings (SSSR count). The van der Waals surface area contributed by atoms with Crippen molar-refractivity contribution < 1.29 is 0 Å². The van der Waals surface area contributed by atoms with Crippen LogP contribution in [0.3, 0.4) is 0 Å². The Bertz CT molecular complexity index is 590. The number of nitrogens with one attached hydrogen (secondary N) is 1. The highest BCUT2D eigenvalue weighted by molar-refractivity contribution is 7.71. The van der Waals surface area contributed by atoms with Gasteiger partial charge in [-0.15, -0.1) is 0 Å². The lowest BCUT2D eigenvalue weighted by molar-refractivity contribution is 0.521. The quantitative estimate of drug-likeness (QED) is 0.864. The second-order valence-corrected chi connectivity index (χ2v) is 5.26. The van der Waals surface area contributed by atoms with Gasteiger partial charge in [-0.1, -0.05) is 20.8 Å². The Morgan fingerprint density at radius 1 is 1.44 bits per heavy atom. The first-order valence-electron chi connectivity index (χ1n) is 6.21. The summed E-state index contributed by atoms with van der Waals surface area (Å²) in [5.41, 5.74) is 2.12. The van der Waals surface area contributed by atoms with Gasteiger partial charge in [-0.05, 0) is 24.6 Å². The first-order valence-corrected chi connectivity index (χ1v) is 6.61. The van der Waals surface area contributed by atoms with Crippen molar-refractivity contribution in [2.24, 2.45) is 13.0 Å². The van der Waals surface area contributed by atoms with E-state index < -0.39 is 0 Å². The summed E-state index contributed by atoms with van der Waals surface area (Å²) in [5.74, 6) is 1.41. The topological polar surface area (TPSA) is 51.4 Å². The number of aromatic amines is 1. The number of H-pyrrole nitrogens is 1. The molecule has 0 aromatic carbocycles. The van der Waals surface area contributed by atoms with E-state index in [2.05, 4.69) is 40.6 Å². The van der Waals surface area contributed by atoms with Crippen LogP contribution in [0.15, 0.2) is 6.20 Å². The summed E-state index contributed by atoms with van der Waals surface area (Å²) in [6, 6.07) is 0. The van der Waals surface area contributed by atoms with Gasteiger partial charge < -0.3 is 0 Å². The molecule has 2 heterocycles. The fourth-order valence-electron chi connectivity index (χ4n) is 2.04. The van der Waals surface area contributed by atoms with E-state index in [4.69, 9.17) is 12.2 Å². The van der Waals surface area contributed by atoms with E-state index in [9.17, 15) is 0 Å². The zero-order valence-electron chi connectivity index (χ0n) is 11.3. The molecule has 0 amide bonds. The van der Waals surface area contributed by atoms with Crippen LogP contribution >= 0.6 is 12.2 Å². The van der Waals surface area contributed by atoms with Gasteiger partial charge in [0, 0.05) is 19.8 Å². The standard InChI is InChI=1S/C12H19N5S/c1-5-10-9(7-16(4)15-10)11-13-14-12(18)17(11)6-8(2)3/h7-8H,5-6H2,1-4H3,(H,14,18). The summed E-state index contributed by atoms with van der Waals surface area (Å²) < 4.78 is 4.55. The molecule has 2 aromatic rings. The van der Waals surface area contributed by atoms with Crippen LogP contribution in [0.4, 0.5) is 0 Å². The third kappa shape index (κ3) is 2.38. The van der Waals surface area contributed by atoms with Crippen molar-refractivity contribution >= 4 is 12.2 Å². The highest BCUT2D eigenvalue weighted by Crippen LogP contribution is 2.22. The third-order valence-electron chi connectivity index (χ3n) is 2.79. The number of hydrogen-bond acceptors (Lipinski definition) is 3. The number of rotatable bonds is 4. The first kappa shape index (κ1) is 13.0. The van der Waals surface area contributed by atoms with E-state index in [0.29, 0.717) is 10.7 Å². The second kappa shape index (κ2) is 5.06. The van der Waals surface area contributed by atoms with Gasteiger partial charge >= 0.3 is 0 Å². The van der Waals surface area contributed by atoms with Crippen LogP contribution in [-0.4, -0.2) is 24.5 Å². The predicted molar refractivity (Wildman–Crippen MR) is 73.8 cm³/mol. The van der Waals surface area contributed by atoms with Crippen LogP contribution in [-0.2, 0) is 20.0 Å². The highest BCUT2D eigenvalue weighted by Gasteiger charge is 2.15. The Morgan fingerprint density at radius 3 is 2.78 bits per heavy atom. The average Bonchev–Trinajstić information content (AvgIpc) is 2.83. The van der Waals surface area contributed by atoms with Crippen molar-refractivity contribution in [3.8, 4) is 11.4 Å². The van der Waals surface area contributed by atoms with Crippen LogP contribution in [0.5, 0.6) is 0 Å². The molecule has 0 radical (unpaired) electrons. The molecule has 0 unspecified atom stereocenters. The normalized spacial score (nSPS) is 11.4. The Hall–Kier alpha value is -1.43. The molecule has 6 heteroatoms. The molecule has 18 heavy (non-hydrogen) atoms. The lowest BCUT2D eigenvalue weighted by Crippen LogP contribution is -2.06. The monoisotopic (exact) mass is 265 g/mol. The minimum atomic E-state index is 0.523. The summed E-state index contributed by atoms with van der Waals surface area (Å²) in [6.45, 7) is 7.30. The molecule has 0 fully saturated rings. The molecule has 5 nitrogen and oxygen atoms in total. The van der Waals surface area contributed by atoms with Gasteiger partial charge in [-0.3, -0.25) is 14.3 Å². The minimum absolute atomic E-state index is 0.523. The van der Waals surface area contributed by atoms with E-state index in [1.807, 2.05) is 17.9 Å². The molecule has 0 spiro atoms. The SMILES string of the molecule is CCc1nn(C)cc1-c1n[nH]c(=S)n1CC(C)C. The molecular weight excluding hydrogens is 246 g/mol. The van der Waals surface area contributed by atoms with Crippen LogP contribution in [0.25, 0.3) is 11.4 Å². The van der Waals surface area contributed by atoms with E-state index in [0.717, 1.165) is 30.0 Å². The maximum absolute atomic E-state index is 5.30. The molecule has 0 aliphatic heterocycles. The summed E-state index contributed by atoms with van der Waals surface area (Å²) in [5, 5.41) is 11.7. The van der Waals surface area contributed by atoms with Crippen molar-refractivity contribution in [3.05, 3.63) is 16.7 Å². The zero-order chi connectivity index (χ0) is 13.3. The Balaban J connectivity index is 2.53. The number of aryl methyl sites for hydroxylation is 2. The molecule has 98 valence electrons. The third-order valence-corrected chi connectivity index (χ3v) is 3.10. The van der Waals surface area contributed by atoms with Crippen molar-refractivity contribution in [3.63, 3.8) is 0 Å². The summed E-state index contributed by atoms with van der Waals surface area (Å²) in [6.07, 6.45) is 2.89. The fraction of sp³-hybridized carbons (Fsp3) is 0.583. The molecule has 0 atom stereocenters. The molecule has 2 aromatic heterocycles. The zero-order valence-corrected chi connectivity index (χ0v) is 12.1. The largest absolute Gasteiger partial charge is 0.300 e. The van der Waals surface area contributed by atoms with Gasteiger partial charge in [0.15, 0.2) is 10.6 Å². The highest BCUT2D eigenvalue weighted by atomic mass is 32.1. The Labute approximate surface area is 112 Å². The predicted octanol–water partition coefficient (Wildman–Crippen LogP) is 2.56. The van der Waals surface area contributed by atoms with Gasteiger partial charge in [-0.2, -0.15) is 10.2 Å². The number of hydrogen-bond donors (Lipinski definition) is 1. The van der Waals surface area contributed by atoms with E-state index in [1.165, 1.54) is 0 Å². The van der Waals surface area contributed by atoms with Gasteiger partial charge in [0.2, 0.25) is 0 Å². The molecule has 0 saturated heterocycles. The summed E-state index contributed by atoms with van der Waals surface area (Å²) in [7, 11) is 1.93. The minimum Gasteiger partial charge on any atom is -0.300 e. The number of nitrogens with zero attached hydrogens (tertiary/aromatic N) is 4. The molecule has 0 aliphatic carbocycles. The van der Waals surface area contributed by atoms with E-state index >= 15 is 0 Å². The van der Waals surface area contributed by atoms with Crippen LogP contribution in [0, 0.1) is 10.7 Å². The average molecular weight is 265 g/mol. The fourth-order valence-corrected chi connectivity index (χ4v) is 2.25. The molecule has 0 bridgehead atoms. The van der Waals surface area contributed by atoms with Gasteiger partial charge in [0.25, 0.3) is 0 Å². The van der Waals surface area contributed by atoms with Crippen LogP contribution in [0.2, 0.25) is 0 Å². The van der Waals surface area contributed by atoms with Crippen molar-refractivity contribution in [1.29, 1.82) is 0 Å². The number of aromatic nitrogens is 5. The van der Waals surface area contributed by atoms with Crippen LogP contribution < -0.4 is 0 Å². The van der Waals surface area contributed by atoms with E-state index in [1.54, 1.807) is 0 Å². The maximum atomic E-state index is 5.30. The maximum Gasteiger partial charge on any atom is 0.195 e. The molecule has 0 aliphatic rings. The summed E-state index contributed by atoms with van der Waals surface area (Å²) >= 11 is 5.30. The first-order chi connectivity index (χ1) is 8.52. The van der Waals surface area contributed by atoms with Gasteiger partial charge in [-0.25, -0.2) is 0 Å². The Morgan fingerprint density at radius 2 is 2.17 bits per heavy atom. The van der Waals surface area contributed by atoms with Crippen LogP contribution in [0.1, 0.15) is 26.5 Å². The second-order valence-electron chi connectivity index (χ2n) is 4.87. The lowest BCUT2D eigenvalue weighted by Gasteiger charge is -2.08. The molecule has 0 saturated carbocycles. The lowest BCUT2D eigenvalue weighted by atomic mass is 10.2. The van der Waals surface area contributed by atoms with E-state index in [-0.39, 0.29) is 0 Å². The van der Waals surface area contributed by atoms with Crippen molar-refractivity contribution in [2.75, 3.05) is 0 Å². The van der Waals surface area contributed by atoms with Gasteiger partial charge in [0.1, 0.15) is 0 Å². The van der Waals surface area contributed by atoms with Crippen molar-refractivity contribution in [2.45, 2.75) is 33.7 Å². The Kier molecular flexibility index (Phi) is 3.65.